The molecule has 0 heterocycles. The minimum absolute atomic E-state index is 0.0225. The third kappa shape index (κ3) is 7.91. The van der Waals surface area contributed by atoms with Crippen molar-refractivity contribution >= 4 is 23.6 Å². The molecule has 3 aromatic carbocycles. The lowest BCUT2D eigenvalue weighted by atomic mass is 9.93. The lowest BCUT2D eigenvalue weighted by Crippen LogP contribution is -2.09. The van der Waals surface area contributed by atoms with Gasteiger partial charge in [-0.15, -0.1) is 0 Å². The Balaban J connectivity index is 0.000000269. The molecule has 7 heteroatoms. The monoisotopic (exact) mass is 471 g/mol. The second-order valence-corrected chi connectivity index (χ2v) is 6.92. The van der Waals surface area contributed by atoms with Crippen molar-refractivity contribution in [3.8, 4) is 17.6 Å². The molecule has 0 atom stereocenters. The first-order valence-electron chi connectivity index (χ1n) is 10.6. The van der Waals surface area contributed by atoms with Crippen molar-refractivity contribution in [2.75, 3.05) is 13.7 Å². The zero-order valence-electron chi connectivity index (χ0n) is 19.3. The Hall–Kier alpha value is -4.83. The molecule has 0 saturated carbocycles. The largest absolute Gasteiger partial charge is 0.504 e. The zero-order valence-corrected chi connectivity index (χ0v) is 19.3. The number of esters is 1. The number of ether oxygens (including phenoxy) is 2. The Morgan fingerprint density at radius 1 is 0.971 bits per heavy atom. The third-order valence-corrected chi connectivity index (χ3v) is 4.59. The van der Waals surface area contributed by atoms with E-state index in [9.17, 15) is 20.0 Å². The van der Waals surface area contributed by atoms with Crippen molar-refractivity contribution in [1.29, 1.82) is 5.26 Å². The molecule has 0 aliphatic heterocycles. The van der Waals surface area contributed by atoms with Gasteiger partial charge in [-0.2, -0.15) is 5.26 Å². The molecule has 178 valence electrons. The molecule has 0 aliphatic rings. The molecule has 35 heavy (non-hydrogen) atoms. The smallest absolute Gasteiger partial charge is 0.349 e. The normalized spacial score (nSPS) is 9.86. The van der Waals surface area contributed by atoms with Crippen molar-refractivity contribution in [1.82, 2.24) is 0 Å². The highest BCUT2D eigenvalue weighted by Gasteiger charge is 2.19. The minimum atomic E-state index is -1.02. The summed E-state index contributed by atoms with van der Waals surface area (Å²) in [4.78, 5) is 22.3. The molecule has 2 N–H and O–H groups in total. The number of benzene rings is 3. The molecular weight excluding hydrogens is 446 g/mol. The van der Waals surface area contributed by atoms with Crippen molar-refractivity contribution in [3.63, 3.8) is 0 Å². The maximum Gasteiger partial charge on any atom is 0.349 e. The quantitative estimate of drug-likeness (QED) is 0.281. The zero-order chi connectivity index (χ0) is 25.6. The minimum Gasteiger partial charge on any atom is -0.504 e. The highest BCUT2D eigenvalue weighted by atomic mass is 16.5. The number of phenolic OH excluding ortho intramolecular Hbond substituents is 1. The number of phenols is 1. The maximum absolute atomic E-state index is 12.1. The number of nitrogens with zero attached hydrogens (tertiary/aromatic N) is 1. The van der Waals surface area contributed by atoms with Gasteiger partial charge in [0.25, 0.3) is 0 Å². The van der Waals surface area contributed by atoms with Gasteiger partial charge in [0, 0.05) is 11.6 Å². The van der Waals surface area contributed by atoms with Gasteiger partial charge >= 0.3 is 11.9 Å². The SMILES string of the molecule is CCOC(=O)C(C#N)=C(c1ccccc1)c1ccccc1.COc1cc(/C=C/C(=O)O)ccc1O. The summed E-state index contributed by atoms with van der Waals surface area (Å²) in [5, 5.41) is 27.0. The average Bonchev–Trinajstić information content (AvgIpc) is 2.88. The van der Waals surface area contributed by atoms with Crippen LogP contribution in [0.5, 0.6) is 11.5 Å². The summed E-state index contributed by atoms with van der Waals surface area (Å²) in [5.74, 6) is -1.27. The molecule has 0 radical (unpaired) electrons. The van der Waals surface area contributed by atoms with Gasteiger partial charge in [0.15, 0.2) is 11.5 Å². The third-order valence-electron chi connectivity index (χ3n) is 4.59. The molecule has 0 aromatic heterocycles. The van der Waals surface area contributed by atoms with Gasteiger partial charge in [-0.1, -0.05) is 66.7 Å². The topological polar surface area (TPSA) is 117 Å². The summed E-state index contributed by atoms with van der Waals surface area (Å²) >= 11 is 0. The van der Waals surface area contributed by atoms with Gasteiger partial charge < -0.3 is 19.7 Å². The molecule has 7 nitrogen and oxygen atoms in total. The fourth-order valence-corrected chi connectivity index (χ4v) is 3.04. The Kier molecular flexibility index (Phi) is 10.3. The van der Waals surface area contributed by atoms with E-state index in [1.54, 1.807) is 19.1 Å². The van der Waals surface area contributed by atoms with Gasteiger partial charge in [0.05, 0.1) is 13.7 Å². The van der Waals surface area contributed by atoms with Crippen molar-refractivity contribution in [2.45, 2.75) is 6.92 Å². The maximum atomic E-state index is 12.1. The van der Waals surface area contributed by atoms with Gasteiger partial charge in [-0.25, -0.2) is 9.59 Å². The van der Waals surface area contributed by atoms with Crippen LogP contribution in [0.15, 0.2) is 90.5 Å². The van der Waals surface area contributed by atoms with E-state index >= 15 is 0 Å². The van der Waals surface area contributed by atoms with E-state index in [1.807, 2.05) is 66.7 Å². The van der Waals surface area contributed by atoms with Crippen molar-refractivity contribution < 1.29 is 29.3 Å². The number of carboxylic acids is 1. The molecule has 0 amide bonds. The van der Waals surface area contributed by atoms with Gasteiger partial charge in [0.1, 0.15) is 11.6 Å². The fourth-order valence-electron chi connectivity index (χ4n) is 3.04. The average molecular weight is 472 g/mol. The van der Waals surface area contributed by atoms with Crippen molar-refractivity contribution in [2.24, 2.45) is 0 Å². The van der Waals surface area contributed by atoms with Gasteiger partial charge in [0.2, 0.25) is 0 Å². The molecule has 0 spiro atoms. The summed E-state index contributed by atoms with van der Waals surface area (Å²) in [7, 11) is 1.43. The predicted octanol–water partition coefficient (Wildman–Crippen LogP) is 5.07. The van der Waals surface area contributed by atoms with Crippen LogP contribution in [0.1, 0.15) is 23.6 Å². The Labute approximate surface area is 203 Å². The highest BCUT2D eigenvalue weighted by Crippen LogP contribution is 2.28. The van der Waals surface area contributed by atoms with E-state index in [1.165, 1.54) is 19.3 Å². The van der Waals surface area contributed by atoms with Crippen LogP contribution in [0, 0.1) is 11.3 Å². The second-order valence-electron chi connectivity index (χ2n) is 6.92. The Bertz CT molecular complexity index is 1200. The molecule has 0 saturated heterocycles. The first-order valence-corrected chi connectivity index (χ1v) is 10.6. The Morgan fingerprint density at radius 3 is 2.00 bits per heavy atom. The second kappa shape index (κ2) is 13.7. The number of methoxy groups -OCH3 is 1. The standard InChI is InChI=1S/C18H15NO2.C10H10O4/c1-2-21-18(20)16(13-19)17(14-9-5-3-6-10-14)15-11-7-4-8-12-15;1-14-9-6-7(2-4-8(9)11)3-5-10(12)13/h3-12H,2H2,1H3;2-6,11H,1H3,(H,12,13)/b;5-3+. The molecule has 0 fully saturated rings. The van der Waals surface area contributed by atoms with Crippen molar-refractivity contribution in [3.05, 3.63) is 107 Å². The summed E-state index contributed by atoms with van der Waals surface area (Å²) < 4.78 is 9.86. The van der Waals surface area contributed by atoms with Crippen LogP contribution in [0.3, 0.4) is 0 Å². The summed E-state index contributed by atoms with van der Waals surface area (Å²) in [6.07, 6.45) is 2.44. The van der Waals surface area contributed by atoms with Crippen LogP contribution < -0.4 is 4.74 Å². The van der Waals surface area contributed by atoms with E-state index in [0.29, 0.717) is 16.9 Å². The Morgan fingerprint density at radius 2 is 1.54 bits per heavy atom. The molecular formula is C28H25NO6. The van der Waals surface area contributed by atoms with Crippen LogP contribution in [-0.4, -0.2) is 35.9 Å². The van der Waals surface area contributed by atoms with Crippen LogP contribution in [-0.2, 0) is 14.3 Å². The number of carbonyl (C=O) groups excluding carboxylic acids is 1. The molecule has 3 aromatic rings. The van der Waals surface area contributed by atoms with Gasteiger partial charge in [-0.05, 0) is 41.8 Å². The number of nitriles is 1. The molecule has 0 bridgehead atoms. The number of carboxylic acid groups (broad SMARTS) is 1. The first kappa shape index (κ1) is 26.4. The van der Waals surface area contributed by atoms with Crippen LogP contribution >= 0.6 is 0 Å². The predicted molar refractivity (Wildman–Crippen MR) is 132 cm³/mol. The number of hydrogen-bond acceptors (Lipinski definition) is 6. The summed E-state index contributed by atoms with van der Waals surface area (Å²) in [6.45, 7) is 1.96. The lowest BCUT2D eigenvalue weighted by molar-refractivity contribution is -0.138. The van der Waals surface area contributed by atoms with Gasteiger partial charge in [-0.3, -0.25) is 0 Å². The van der Waals surface area contributed by atoms with E-state index < -0.39 is 11.9 Å². The summed E-state index contributed by atoms with van der Waals surface area (Å²) in [6, 6.07) is 25.4. The molecule has 0 aliphatic carbocycles. The highest BCUT2D eigenvalue weighted by molar-refractivity contribution is 6.05. The summed E-state index contributed by atoms with van der Waals surface area (Å²) in [5.41, 5.74) is 2.90. The number of hydrogen-bond donors (Lipinski definition) is 2. The molecule has 3 rings (SSSR count). The van der Waals surface area contributed by atoms with Crippen LogP contribution in [0.25, 0.3) is 11.6 Å². The van der Waals surface area contributed by atoms with E-state index in [2.05, 4.69) is 0 Å². The van der Waals surface area contributed by atoms with Crippen LogP contribution in [0.2, 0.25) is 0 Å². The fraction of sp³-hybridized carbons (Fsp3) is 0.107. The van der Waals surface area contributed by atoms with E-state index in [-0.39, 0.29) is 17.9 Å². The lowest BCUT2D eigenvalue weighted by Gasteiger charge is -2.11. The van der Waals surface area contributed by atoms with E-state index in [4.69, 9.17) is 14.6 Å². The number of carbonyl (C=O) groups is 2. The van der Waals surface area contributed by atoms with E-state index in [0.717, 1.165) is 17.2 Å². The number of aromatic hydroxyl groups is 1. The number of aliphatic carboxylic acids is 1. The number of rotatable bonds is 7. The van der Waals surface area contributed by atoms with Crippen LogP contribution in [0.4, 0.5) is 0 Å². The first-order chi connectivity index (χ1) is 16.9. The molecule has 0 unspecified atom stereocenters.